The first kappa shape index (κ1) is 32.8. The molecule has 4 unspecified atom stereocenters. The van der Waals surface area contributed by atoms with E-state index in [0.29, 0.717) is 37.7 Å². The van der Waals surface area contributed by atoms with Crippen molar-refractivity contribution in [2.45, 2.75) is 83.2 Å². The van der Waals surface area contributed by atoms with Gasteiger partial charge >= 0.3 is 0 Å². The Hall–Kier alpha value is -2.08. The second-order valence-corrected chi connectivity index (χ2v) is 13.8. The van der Waals surface area contributed by atoms with Gasteiger partial charge in [0, 0.05) is 54.5 Å². The minimum atomic E-state index is -1.47. The number of carbonyl (C=O) groups is 1. The molecule has 2 heterocycles. The summed E-state index contributed by atoms with van der Waals surface area (Å²) in [6, 6.07) is 10.5. The Morgan fingerprint density at radius 3 is 2.52 bits per heavy atom. The lowest BCUT2D eigenvalue weighted by Crippen LogP contribution is -2.44. The number of benzene rings is 2. The Labute approximate surface area is 258 Å². The van der Waals surface area contributed by atoms with Crippen LogP contribution in [0.1, 0.15) is 76.8 Å². The number of Topliss-reactive ketones (excluding diaryl/α,β-unsaturated/α-hetero) is 1. The summed E-state index contributed by atoms with van der Waals surface area (Å²) in [6.07, 6.45) is 3.62. The predicted octanol–water partition coefficient (Wildman–Crippen LogP) is 7.65. The zero-order valence-corrected chi connectivity index (χ0v) is 26.4. The van der Waals surface area contributed by atoms with E-state index < -0.39 is 35.1 Å². The lowest BCUT2D eigenvalue weighted by molar-refractivity contribution is -0.120. The van der Waals surface area contributed by atoms with Crippen molar-refractivity contribution in [3.8, 4) is 6.07 Å². The molecule has 2 aromatic rings. The second kappa shape index (κ2) is 13.7. The molecule has 0 aromatic heterocycles. The Morgan fingerprint density at radius 1 is 1.19 bits per heavy atom. The summed E-state index contributed by atoms with van der Waals surface area (Å²) in [4.78, 5) is 14.1. The molecule has 42 heavy (non-hydrogen) atoms. The van der Waals surface area contributed by atoms with Crippen molar-refractivity contribution in [1.82, 2.24) is 10.2 Å². The molecule has 2 aliphatic heterocycles. The van der Waals surface area contributed by atoms with Gasteiger partial charge in [0.1, 0.15) is 22.8 Å². The van der Waals surface area contributed by atoms with Crippen LogP contribution in [0.2, 0.25) is 10.0 Å². The number of halogens is 4. The number of hydrogen-bond acceptors (Lipinski definition) is 5. The molecule has 228 valence electrons. The molecule has 5 nitrogen and oxygen atoms in total. The molecule has 0 aliphatic carbocycles. The lowest BCUT2D eigenvalue weighted by atomic mass is 9.63. The van der Waals surface area contributed by atoms with E-state index >= 15 is 8.78 Å². The topological polar surface area (TPSA) is 65.4 Å². The number of likely N-dealkylation sites (tertiary alicyclic amines) is 1. The maximum absolute atomic E-state index is 15.8. The summed E-state index contributed by atoms with van der Waals surface area (Å²) in [5.41, 5.74) is -1.27. The third-order valence-corrected chi connectivity index (χ3v) is 9.27. The first-order chi connectivity index (χ1) is 19.9. The van der Waals surface area contributed by atoms with Gasteiger partial charge in [-0.2, -0.15) is 5.26 Å². The Kier molecular flexibility index (Phi) is 10.7. The molecule has 2 aromatic carbocycles. The maximum Gasteiger partial charge on any atom is 0.145 e. The van der Waals surface area contributed by atoms with Gasteiger partial charge in [0.25, 0.3) is 0 Å². The predicted molar refractivity (Wildman–Crippen MR) is 163 cm³/mol. The number of nitriles is 1. The average molecular weight is 621 g/mol. The van der Waals surface area contributed by atoms with Gasteiger partial charge < -0.3 is 10.1 Å². The molecular weight excluding hydrogens is 579 g/mol. The molecule has 9 heteroatoms. The van der Waals surface area contributed by atoms with E-state index in [1.54, 1.807) is 24.3 Å². The molecule has 0 bridgehead atoms. The van der Waals surface area contributed by atoms with Crippen molar-refractivity contribution >= 4 is 29.0 Å². The minimum Gasteiger partial charge on any atom is -0.364 e. The quantitative estimate of drug-likeness (QED) is 0.296. The fraction of sp³-hybridized carbons (Fsp3) is 0.576. The van der Waals surface area contributed by atoms with Gasteiger partial charge in [-0.3, -0.25) is 9.69 Å². The summed E-state index contributed by atoms with van der Waals surface area (Å²) in [7, 11) is 0. The second-order valence-electron chi connectivity index (χ2n) is 13.0. The number of ether oxygens (including phenoxy) is 1. The van der Waals surface area contributed by atoms with Crippen molar-refractivity contribution in [2.24, 2.45) is 11.3 Å². The van der Waals surface area contributed by atoms with E-state index in [1.165, 1.54) is 12.1 Å². The average Bonchev–Trinajstić information content (AvgIpc) is 3.22. The van der Waals surface area contributed by atoms with E-state index in [2.05, 4.69) is 37.1 Å². The van der Waals surface area contributed by atoms with Crippen molar-refractivity contribution in [3.05, 3.63) is 69.2 Å². The highest BCUT2D eigenvalue weighted by Crippen LogP contribution is 2.52. The van der Waals surface area contributed by atoms with Crippen molar-refractivity contribution in [1.29, 1.82) is 5.26 Å². The number of nitrogens with one attached hydrogen (secondary N) is 1. The van der Waals surface area contributed by atoms with E-state index in [0.717, 1.165) is 25.9 Å². The van der Waals surface area contributed by atoms with Crippen LogP contribution >= 0.6 is 23.2 Å². The van der Waals surface area contributed by atoms with E-state index in [-0.39, 0.29) is 33.2 Å². The van der Waals surface area contributed by atoms with Crippen LogP contribution in [0.15, 0.2) is 36.4 Å². The third kappa shape index (κ3) is 7.17. The normalized spacial score (nSPS) is 25.5. The summed E-state index contributed by atoms with van der Waals surface area (Å²) in [5.74, 6) is -1.31. The fourth-order valence-corrected chi connectivity index (χ4v) is 7.04. The van der Waals surface area contributed by atoms with Gasteiger partial charge in [-0.25, -0.2) is 8.78 Å². The van der Waals surface area contributed by atoms with E-state index in [1.807, 2.05) is 6.92 Å². The molecular formula is C33H41Cl2F2N3O2. The van der Waals surface area contributed by atoms with Crippen molar-refractivity contribution in [3.63, 3.8) is 0 Å². The standard InChI is InChI=1S/C33H41Cl2F2N3O2/c1-5-23(41)15-21-11-13-40(14-12-21)20-42-18-28-30(24-7-6-8-26(35)31(24)37)33(19-38,29(39-28)17-32(2,3)4)25-10-9-22(34)16-27(25)36/h6-10,16,21,28-30,39H,5,11-15,17-18,20H2,1-4H3. The van der Waals surface area contributed by atoms with Gasteiger partial charge in [0.15, 0.2) is 0 Å². The van der Waals surface area contributed by atoms with Gasteiger partial charge in [-0.1, -0.05) is 69.1 Å². The minimum absolute atomic E-state index is 0.0562. The summed E-state index contributed by atoms with van der Waals surface area (Å²) in [5, 5.41) is 14.7. The smallest absolute Gasteiger partial charge is 0.145 e. The Balaban J connectivity index is 1.65. The molecule has 0 amide bonds. The Morgan fingerprint density at radius 2 is 1.90 bits per heavy atom. The van der Waals surface area contributed by atoms with Crippen molar-refractivity contribution in [2.75, 3.05) is 26.4 Å². The van der Waals surface area contributed by atoms with Crippen LogP contribution in [0.3, 0.4) is 0 Å². The van der Waals surface area contributed by atoms with Crippen LogP contribution < -0.4 is 5.32 Å². The molecule has 2 fully saturated rings. The lowest BCUT2D eigenvalue weighted by Gasteiger charge is -2.37. The molecule has 2 aliphatic rings. The summed E-state index contributed by atoms with van der Waals surface area (Å²) >= 11 is 12.4. The number of ketones is 1. The van der Waals surface area contributed by atoms with Crippen LogP contribution in [0.25, 0.3) is 0 Å². The summed E-state index contributed by atoms with van der Waals surface area (Å²) < 4.78 is 37.7. The van der Waals surface area contributed by atoms with Crippen LogP contribution in [0.4, 0.5) is 8.78 Å². The van der Waals surface area contributed by atoms with Crippen molar-refractivity contribution < 1.29 is 18.3 Å². The van der Waals surface area contributed by atoms with E-state index in [9.17, 15) is 10.1 Å². The molecule has 0 saturated carbocycles. The molecule has 2 saturated heterocycles. The largest absolute Gasteiger partial charge is 0.364 e. The zero-order chi connectivity index (χ0) is 30.7. The highest BCUT2D eigenvalue weighted by molar-refractivity contribution is 6.31. The molecule has 0 radical (unpaired) electrons. The number of hydrogen-bond donors (Lipinski definition) is 1. The first-order valence-corrected chi connectivity index (χ1v) is 15.5. The van der Waals surface area contributed by atoms with Crippen LogP contribution in [-0.4, -0.2) is 49.2 Å². The summed E-state index contributed by atoms with van der Waals surface area (Å²) in [6.45, 7) is 10.3. The van der Waals surface area contributed by atoms with Gasteiger partial charge in [0.2, 0.25) is 0 Å². The number of carbonyl (C=O) groups excluding carboxylic acids is 1. The SMILES string of the molecule is CCC(=O)CC1CCN(COCC2NC(CC(C)(C)C)C(C#N)(c3ccc(Cl)cc3F)C2c2cccc(Cl)c2F)CC1. The van der Waals surface area contributed by atoms with E-state index in [4.69, 9.17) is 27.9 Å². The molecule has 4 rings (SSSR count). The zero-order valence-electron chi connectivity index (χ0n) is 24.9. The molecule has 0 spiro atoms. The van der Waals surface area contributed by atoms with Gasteiger partial charge in [-0.15, -0.1) is 0 Å². The van der Waals surface area contributed by atoms with Crippen LogP contribution in [0, 0.1) is 34.3 Å². The first-order valence-electron chi connectivity index (χ1n) is 14.8. The number of piperidine rings is 1. The number of nitrogens with zero attached hydrogens (tertiary/aromatic N) is 2. The Bertz CT molecular complexity index is 1300. The maximum atomic E-state index is 15.8. The highest BCUT2D eigenvalue weighted by atomic mass is 35.5. The highest BCUT2D eigenvalue weighted by Gasteiger charge is 2.59. The fourth-order valence-electron chi connectivity index (χ4n) is 6.70. The number of rotatable bonds is 10. The van der Waals surface area contributed by atoms with Crippen LogP contribution in [-0.2, 0) is 14.9 Å². The molecule has 1 N–H and O–H groups in total. The van der Waals surface area contributed by atoms with Gasteiger partial charge in [0.05, 0.1) is 24.4 Å². The third-order valence-electron chi connectivity index (χ3n) is 8.74. The monoisotopic (exact) mass is 619 g/mol. The van der Waals surface area contributed by atoms with Gasteiger partial charge in [-0.05, 0) is 54.4 Å². The molecule has 4 atom stereocenters. The van der Waals surface area contributed by atoms with Crippen LogP contribution in [0.5, 0.6) is 0 Å².